The van der Waals surface area contributed by atoms with E-state index >= 15 is 0 Å². The third kappa shape index (κ3) is 3.22. The molecule has 0 amide bonds. The van der Waals surface area contributed by atoms with Crippen molar-refractivity contribution in [2.75, 3.05) is 0 Å². The molecule has 1 aliphatic carbocycles. The summed E-state index contributed by atoms with van der Waals surface area (Å²) in [5.41, 5.74) is -1.47. The van der Waals surface area contributed by atoms with Crippen LogP contribution in [0, 0.1) is 6.92 Å². The Balaban J connectivity index is 1.73. The van der Waals surface area contributed by atoms with E-state index in [2.05, 4.69) is 20.3 Å². The van der Waals surface area contributed by atoms with Gasteiger partial charge in [-0.15, -0.1) is 10.2 Å². The van der Waals surface area contributed by atoms with Gasteiger partial charge in [0.15, 0.2) is 5.69 Å². The lowest BCUT2D eigenvalue weighted by Crippen LogP contribution is -2.20. The Morgan fingerprint density at radius 2 is 1.81 bits per heavy atom. The summed E-state index contributed by atoms with van der Waals surface area (Å²) in [6.45, 7) is 1.59. The minimum Gasteiger partial charge on any atom is -0.420 e. The Morgan fingerprint density at radius 1 is 1.10 bits per heavy atom. The van der Waals surface area contributed by atoms with Crippen molar-refractivity contribution >= 4 is 5.65 Å². The minimum absolute atomic E-state index is 0.0140. The minimum atomic E-state index is -4.74. The zero-order valence-corrected chi connectivity index (χ0v) is 16.5. The smallest absolute Gasteiger partial charge is 0.420 e. The Bertz CT molecular complexity index is 1310. The molecule has 0 saturated heterocycles. The summed E-state index contributed by atoms with van der Waals surface area (Å²) in [7, 11) is 0. The van der Waals surface area contributed by atoms with Gasteiger partial charge in [0, 0.05) is 11.6 Å². The number of hydrogen-bond acceptors (Lipinski definition) is 5. The maximum atomic E-state index is 13.8. The summed E-state index contributed by atoms with van der Waals surface area (Å²) in [6.07, 6.45) is -0.728. The highest BCUT2D eigenvalue weighted by molar-refractivity contribution is 5.81. The van der Waals surface area contributed by atoms with Crippen molar-refractivity contribution in [3.8, 4) is 22.6 Å². The maximum Gasteiger partial charge on any atom is 0.435 e. The monoisotopic (exact) mass is 429 g/mol. The zero-order chi connectivity index (χ0) is 21.8. The van der Waals surface area contributed by atoms with Gasteiger partial charge in [-0.1, -0.05) is 43.2 Å². The number of H-pyrrole nitrogens is 1. The lowest BCUT2D eigenvalue weighted by atomic mass is 10.1. The van der Waals surface area contributed by atoms with Crippen LogP contribution in [0.3, 0.4) is 0 Å². The SMILES string of the molecule is Cc1[nH]c2c(-c3ccccc3)c(C(F)(F)F)nn2c(=O)c1-c1nnc(C2CCCC2)o1. The van der Waals surface area contributed by atoms with E-state index < -0.39 is 17.4 Å². The summed E-state index contributed by atoms with van der Waals surface area (Å²) in [5.74, 6) is 0.580. The van der Waals surface area contributed by atoms with Crippen molar-refractivity contribution in [3.05, 3.63) is 58.0 Å². The maximum absolute atomic E-state index is 13.8. The first kappa shape index (κ1) is 19.5. The van der Waals surface area contributed by atoms with Gasteiger partial charge in [0.2, 0.25) is 5.89 Å². The first-order chi connectivity index (χ1) is 14.8. The predicted octanol–water partition coefficient (Wildman–Crippen LogP) is 4.72. The van der Waals surface area contributed by atoms with Crippen molar-refractivity contribution in [1.29, 1.82) is 0 Å². The molecule has 5 rings (SSSR count). The highest BCUT2D eigenvalue weighted by Gasteiger charge is 2.39. The van der Waals surface area contributed by atoms with Crippen LogP contribution < -0.4 is 5.56 Å². The van der Waals surface area contributed by atoms with Gasteiger partial charge in [0.1, 0.15) is 11.2 Å². The summed E-state index contributed by atoms with van der Waals surface area (Å²) < 4.78 is 47.8. The van der Waals surface area contributed by atoms with Gasteiger partial charge in [-0.25, -0.2) is 0 Å². The summed E-state index contributed by atoms with van der Waals surface area (Å²) in [6, 6.07) is 8.04. The second-order valence-corrected chi connectivity index (χ2v) is 7.70. The number of nitrogens with one attached hydrogen (secondary N) is 1. The van der Waals surface area contributed by atoms with Crippen LogP contribution >= 0.6 is 0 Å². The summed E-state index contributed by atoms with van der Waals surface area (Å²) in [5, 5.41) is 11.7. The predicted molar refractivity (Wildman–Crippen MR) is 105 cm³/mol. The number of aromatic nitrogens is 5. The van der Waals surface area contributed by atoms with Gasteiger partial charge in [-0.3, -0.25) is 4.79 Å². The molecule has 1 aromatic carbocycles. The van der Waals surface area contributed by atoms with E-state index in [4.69, 9.17) is 4.42 Å². The molecule has 4 aromatic rings. The van der Waals surface area contributed by atoms with Crippen LogP contribution in [0.5, 0.6) is 0 Å². The number of nitrogens with zero attached hydrogens (tertiary/aromatic N) is 4. The molecular weight excluding hydrogens is 411 g/mol. The third-order valence-corrected chi connectivity index (χ3v) is 5.66. The number of aromatic amines is 1. The average molecular weight is 429 g/mol. The number of aryl methyl sites for hydroxylation is 1. The van der Waals surface area contributed by atoms with E-state index in [9.17, 15) is 18.0 Å². The van der Waals surface area contributed by atoms with Crippen molar-refractivity contribution < 1.29 is 17.6 Å². The molecule has 7 nitrogen and oxygen atoms in total. The van der Waals surface area contributed by atoms with E-state index in [0.29, 0.717) is 17.1 Å². The van der Waals surface area contributed by atoms with Gasteiger partial charge < -0.3 is 9.40 Å². The third-order valence-electron chi connectivity index (χ3n) is 5.66. The normalized spacial score (nSPS) is 15.2. The summed E-state index contributed by atoms with van der Waals surface area (Å²) >= 11 is 0. The van der Waals surface area contributed by atoms with Crippen molar-refractivity contribution in [2.45, 2.75) is 44.7 Å². The fourth-order valence-electron chi connectivity index (χ4n) is 4.19. The van der Waals surface area contributed by atoms with Gasteiger partial charge in [0.05, 0.1) is 5.56 Å². The Kier molecular flexibility index (Phi) is 4.45. The first-order valence-electron chi connectivity index (χ1n) is 9.96. The molecule has 1 saturated carbocycles. The number of fused-ring (bicyclic) bond motifs is 1. The number of rotatable bonds is 3. The number of benzene rings is 1. The van der Waals surface area contributed by atoms with Crippen LogP contribution in [0.2, 0.25) is 0 Å². The largest absolute Gasteiger partial charge is 0.435 e. The molecule has 31 heavy (non-hydrogen) atoms. The Hall–Kier alpha value is -3.43. The summed E-state index contributed by atoms with van der Waals surface area (Å²) in [4.78, 5) is 16.1. The number of alkyl halides is 3. The molecule has 10 heteroatoms. The molecule has 0 unspecified atom stereocenters. The molecular formula is C21H18F3N5O2. The van der Waals surface area contributed by atoms with E-state index in [-0.39, 0.29) is 28.6 Å². The standard InChI is InChI=1S/C21H18F3N5O2/c1-11-14(19-27-26-18(31-19)13-9-5-6-10-13)20(30)29-17(25-11)15(12-7-3-2-4-8-12)16(28-29)21(22,23)24/h2-4,7-8,13,25H,5-6,9-10H2,1H3. The molecule has 0 aliphatic heterocycles. The van der Waals surface area contributed by atoms with Crippen LogP contribution in [-0.4, -0.2) is 24.8 Å². The Morgan fingerprint density at radius 3 is 2.48 bits per heavy atom. The highest BCUT2D eigenvalue weighted by Crippen LogP contribution is 2.39. The number of hydrogen-bond donors (Lipinski definition) is 1. The Labute approximate surface area is 173 Å². The van der Waals surface area contributed by atoms with Gasteiger partial charge in [-0.2, -0.15) is 22.8 Å². The van der Waals surface area contributed by atoms with Crippen LogP contribution in [0.4, 0.5) is 13.2 Å². The second-order valence-electron chi connectivity index (χ2n) is 7.70. The van der Waals surface area contributed by atoms with Crippen LogP contribution in [0.1, 0.15) is 48.9 Å². The van der Waals surface area contributed by atoms with Crippen molar-refractivity contribution in [3.63, 3.8) is 0 Å². The molecule has 0 radical (unpaired) electrons. The topological polar surface area (TPSA) is 89.1 Å². The van der Waals surface area contributed by atoms with Gasteiger partial charge in [0.25, 0.3) is 11.4 Å². The number of halogens is 3. The fourth-order valence-corrected chi connectivity index (χ4v) is 4.19. The average Bonchev–Trinajstić information content (AvgIpc) is 3.47. The van der Waals surface area contributed by atoms with Gasteiger partial charge in [-0.05, 0) is 25.3 Å². The molecule has 0 atom stereocenters. The van der Waals surface area contributed by atoms with E-state index in [1.165, 1.54) is 0 Å². The van der Waals surface area contributed by atoms with E-state index in [1.807, 2.05) is 0 Å². The molecule has 0 bridgehead atoms. The van der Waals surface area contributed by atoms with E-state index in [0.717, 1.165) is 30.2 Å². The van der Waals surface area contributed by atoms with Crippen molar-refractivity contribution in [2.24, 2.45) is 0 Å². The fraction of sp³-hybridized carbons (Fsp3) is 0.333. The molecule has 0 spiro atoms. The van der Waals surface area contributed by atoms with Crippen LogP contribution in [0.25, 0.3) is 28.2 Å². The van der Waals surface area contributed by atoms with Gasteiger partial charge >= 0.3 is 6.18 Å². The lowest BCUT2D eigenvalue weighted by Gasteiger charge is -2.07. The van der Waals surface area contributed by atoms with Crippen molar-refractivity contribution in [1.82, 2.24) is 24.8 Å². The van der Waals surface area contributed by atoms with Crippen LogP contribution in [0.15, 0.2) is 39.5 Å². The molecule has 160 valence electrons. The molecule has 3 aromatic heterocycles. The highest BCUT2D eigenvalue weighted by atomic mass is 19.4. The molecule has 1 fully saturated rings. The molecule has 1 N–H and O–H groups in total. The zero-order valence-electron chi connectivity index (χ0n) is 16.5. The van der Waals surface area contributed by atoms with E-state index in [1.54, 1.807) is 37.3 Å². The molecule has 3 heterocycles. The lowest BCUT2D eigenvalue weighted by molar-refractivity contribution is -0.140. The quantitative estimate of drug-likeness (QED) is 0.509. The first-order valence-corrected chi connectivity index (χ1v) is 9.96. The molecule has 1 aliphatic rings. The second kappa shape index (κ2) is 7.07. The van der Waals surface area contributed by atoms with Crippen LogP contribution in [-0.2, 0) is 6.18 Å².